The molecule has 4 nitrogen and oxygen atoms in total. The number of carbonyl (C=O) groups is 1. The van der Waals surface area contributed by atoms with Crippen molar-refractivity contribution in [2.75, 3.05) is 39.8 Å². The van der Waals surface area contributed by atoms with E-state index in [9.17, 15) is 4.79 Å². The molecule has 20 heavy (non-hydrogen) atoms. The predicted octanol–water partition coefficient (Wildman–Crippen LogP) is 1.50. The van der Waals surface area contributed by atoms with Gasteiger partial charge in [-0.3, -0.25) is 9.69 Å². The van der Waals surface area contributed by atoms with Crippen molar-refractivity contribution < 1.29 is 4.79 Å². The molecule has 0 saturated carbocycles. The number of nitrogens with zero attached hydrogens (tertiary/aromatic N) is 2. The molecule has 0 aliphatic carbocycles. The number of amides is 1. The Balaban J connectivity index is 1.79. The van der Waals surface area contributed by atoms with Crippen LogP contribution in [0.4, 0.5) is 0 Å². The summed E-state index contributed by atoms with van der Waals surface area (Å²) < 4.78 is 0. The normalized spacial score (nSPS) is 17.2. The SMILES string of the molecule is CC(c1ccccc1)N(C)CCC(=O)N1CCNCC1. The molecule has 2 rings (SSSR count). The van der Waals surface area contributed by atoms with E-state index in [2.05, 4.69) is 48.5 Å². The smallest absolute Gasteiger partial charge is 0.223 e. The second-order valence-corrected chi connectivity index (χ2v) is 5.45. The molecule has 1 aliphatic heterocycles. The van der Waals surface area contributed by atoms with Gasteiger partial charge in [0.25, 0.3) is 0 Å². The van der Waals surface area contributed by atoms with Crippen molar-refractivity contribution in [2.24, 2.45) is 0 Å². The fourth-order valence-electron chi connectivity index (χ4n) is 2.52. The van der Waals surface area contributed by atoms with Crippen LogP contribution in [0.3, 0.4) is 0 Å². The van der Waals surface area contributed by atoms with E-state index in [1.807, 2.05) is 11.0 Å². The first kappa shape index (κ1) is 15.0. The van der Waals surface area contributed by atoms with Crippen molar-refractivity contribution in [3.63, 3.8) is 0 Å². The zero-order chi connectivity index (χ0) is 14.4. The summed E-state index contributed by atoms with van der Waals surface area (Å²) in [6, 6.07) is 10.8. The second-order valence-electron chi connectivity index (χ2n) is 5.45. The molecule has 1 aromatic rings. The zero-order valence-electron chi connectivity index (χ0n) is 12.5. The van der Waals surface area contributed by atoms with Crippen LogP contribution < -0.4 is 5.32 Å². The fraction of sp³-hybridized carbons (Fsp3) is 0.562. The van der Waals surface area contributed by atoms with E-state index in [-0.39, 0.29) is 5.91 Å². The van der Waals surface area contributed by atoms with Gasteiger partial charge in [-0.15, -0.1) is 0 Å². The van der Waals surface area contributed by atoms with E-state index in [4.69, 9.17) is 0 Å². The van der Waals surface area contributed by atoms with Crippen molar-refractivity contribution >= 4 is 5.91 Å². The van der Waals surface area contributed by atoms with E-state index in [0.29, 0.717) is 12.5 Å². The van der Waals surface area contributed by atoms with Crippen molar-refractivity contribution in [3.8, 4) is 0 Å². The van der Waals surface area contributed by atoms with Crippen LogP contribution in [0.15, 0.2) is 30.3 Å². The van der Waals surface area contributed by atoms with Crippen molar-refractivity contribution in [1.29, 1.82) is 0 Å². The van der Waals surface area contributed by atoms with Gasteiger partial charge in [0.1, 0.15) is 0 Å². The molecule has 1 aromatic carbocycles. The molecule has 1 fully saturated rings. The number of rotatable bonds is 5. The summed E-state index contributed by atoms with van der Waals surface area (Å²) in [5.41, 5.74) is 1.30. The summed E-state index contributed by atoms with van der Waals surface area (Å²) in [5.74, 6) is 0.276. The molecule has 1 amide bonds. The molecular formula is C16H25N3O. The lowest BCUT2D eigenvalue weighted by Gasteiger charge is -2.29. The maximum absolute atomic E-state index is 12.1. The molecule has 0 spiro atoms. The average Bonchev–Trinajstić information content (AvgIpc) is 2.53. The highest BCUT2D eigenvalue weighted by Gasteiger charge is 2.18. The summed E-state index contributed by atoms with van der Waals surface area (Å²) in [6.45, 7) is 6.51. The van der Waals surface area contributed by atoms with E-state index >= 15 is 0 Å². The Kier molecular flexibility index (Phi) is 5.56. The van der Waals surface area contributed by atoms with E-state index < -0.39 is 0 Å². The monoisotopic (exact) mass is 275 g/mol. The average molecular weight is 275 g/mol. The number of nitrogens with one attached hydrogen (secondary N) is 1. The zero-order valence-corrected chi connectivity index (χ0v) is 12.5. The van der Waals surface area contributed by atoms with Crippen LogP contribution in [0, 0.1) is 0 Å². The first-order valence-corrected chi connectivity index (χ1v) is 7.42. The van der Waals surface area contributed by atoms with Gasteiger partial charge in [-0.1, -0.05) is 30.3 Å². The lowest BCUT2D eigenvalue weighted by Crippen LogP contribution is -2.47. The number of benzene rings is 1. The summed E-state index contributed by atoms with van der Waals surface area (Å²) in [4.78, 5) is 16.3. The summed E-state index contributed by atoms with van der Waals surface area (Å²) in [7, 11) is 2.09. The molecule has 1 unspecified atom stereocenters. The third kappa shape index (κ3) is 4.05. The van der Waals surface area contributed by atoms with Crippen LogP contribution in [0.5, 0.6) is 0 Å². The van der Waals surface area contributed by atoms with Gasteiger partial charge in [0.15, 0.2) is 0 Å². The predicted molar refractivity (Wildman–Crippen MR) is 81.6 cm³/mol. The van der Waals surface area contributed by atoms with Gasteiger partial charge in [0.2, 0.25) is 5.91 Å². The Hall–Kier alpha value is -1.39. The molecule has 4 heteroatoms. The van der Waals surface area contributed by atoms with Gasteiger partial charge in [-0.25, -0.2) is 0 Å². The van der Waals surface area contributed by atoms with Crippen molar-refractivity contribution in [1.82, 2.24) is 15.1 Å². The Bertz CT molecular complexity index is 415. The number of hydrogen-bond acceptors (Lipinski definition) is 3. The molecule has 1 heterocycles. The van der Waals surface area contributed by atoms with E-state index in [1.54, 1.807) is 0 Å². The van der Waals surface area contributed by atoms with E-state index in [0.717, 1.165) is 32.7 Å². The number of carbonyl (C=O) groups excluding carboxylic acids is 1. The van der Waals surface area contributed by atoms with Gasteiger partial charge in [0.05, 0.1) is 0 Å². The Morgan fingerprint density at radius 1 is 1.30 bits per heavy atom. The molecule has 1 saturated heterocycles. The van der Waals surface area contributed by atoms with Gasteiger partial charge >= 0.3 is 0 Å². The van der Waals surface area contributed by atoms with Crippen molar-refractivity contribution in [2.45, 2.75) is 19.4 Å². The van der Waals surface area contributed by atoms with Gasteiger partial charge < -0.3 is 10.2 Å². The highest BCUT2D eigenvalue weighted by Crippen LogP contribution is 2.18. The van der Waals surface area contributed by atoms with Gasteiger partial charge in [0, 0.05) is 45.2 Å². The molecule has 1 atom stereocenters. The second kappa shape index (κ2) is 7.41. The molecular weight excluding hydrogens is 250 g/mol. The third-order valence-electron chi connectivity index (χ3n) is 4.09. The Morgan fingerprint density at radius 3 is 2.60 bits per heavy atom. The van der Waals surface area contributed by atoms with Crippen LogP contribution in [0.1, 0.15) is 24.9 Å². The first-order valence-electron chi connectivity index (χ1n) is 7.42. The minimum atomic E-state index is 0.276. The number of piperazine rings is 1. The Labute approximate surface area is 121 Å². The molecule has 0 bridgehead atoms. The fourth-order valence-corrected chi connectivity index (χ4v) is 2.52. The van der Waals surface area contributed by atoms with Crippen LogP contribution >= 0.6 is 0 Å². The summed E-state index contributed by atoms with van der Waals surface area (Å²) in [6.07, 6.45) is 0.605. The maximum Gasteiger partial charge on any atom is 0.223 e. The van der Waals surface area contributed by atoms with Crippen LogP contribution in [0.2, 0.25) is 0 Å². The minimum Gasteiger partial charge on any atom is -0.340 e. The minimum absolute atomic E-state index is 0.276. The third-order valence-corrected chi connectivity index (χ3v) is 4.09. The van der Waals surface area contributed by atoms with Gasteiger partial charge in [-0.2, -0.15) is 0 Å². The Morgan fingerprint density at radius 2 is 1.95 bits per heavy atom. The number of hydrogen-bond donors (Lipinski definition) is 1. The summed E-state index contributed by atoms with van der Waals surface area (Å²) >= 11 is 0. The lowest BCUT2D eigenvalue weighted by molar-refractivity contribution is -0.132. The van der Waals surface area contributed by atoms with Crippen molar-refractivity contribution in [3.05, 3.63) is 35.9 Å². The topological polar surface area (TPSA) is 35.6 Å². The van der Waals surface area contributed by atoms with E-state index in [1.165, 1.54) is 5.56 Å². The molecule has 110 valence electrons. The molecule has 0 radical (unpaired) electrons. The van der Waals surface area contributed by atoms with Gasteiger partial charge in [-0.05, 0) is 19.5 Å². The lowest BCUT2D eigenvalue weighted by atomic mass is 10.1. The molecule has 0 aromatic heterocycles. The highest BCUT2D eigenvalue weighted by atomic mass is 16.2. The molecule has 1 aliphatic rings. The van der Waals surface area contributed by atoms with Crippen LogP contribution in [0.25, 0.3) is 0 Å². The standard InChI is InChI=1S/C16H25N3O/c1-14(15-6-4-3-5-7-15)18(2)11-8-16(20)19-12-9-17-10-13-19/h3-7,14,17H,8-13H2,1-2H3. The summed E-state index contributed by atoms with van der Waals surface area (Å²) in [5, 5.41) is 3.27. The first-order chi connectivity index (χ1) is 9.68. The van der Waals surface area contributed by atoms with Crippen LogP contribution in [-0.4, -0.2) is 55.5 Å². The quantitative estimate of drug-likeness (QED) is 0.884. The maximum atomic E-state index is 12.1. The highest BCUT2D eigenvalue weighted by molar-refractivity contribution is 5.76. The van der Waals surface area contributed by atoms with Crippen LogP contribution in [-0.2, 0) is 4.79 Å². The largest absolute Gasteiger partial charge is 0.340 e. The molecule has 1 N–H and O–H groups in total.